The zero-order valence-corrected chi connectivity index (χ0v) is 14.8. The quantitative estimate of drug-likeness (QED) is 0.892. The van der Waals surface area contributed by atoms with Crippen LogP contribution in [0, 0.1) is 0 Å². The molecule has 2 amide bonds. The third kappa shape index (κ3) is 3.90. The van der Waals surface area contributed by atoms with Crippen LogP contribution in [0.4, 0.5) is 11.5 Å². The zero-order valence-electron chi connectivity index (χ0n) is 14.8. The number of hydrogen-bond donors (Lipinski definition) is 1. The van der Waals surface area contributed by atoms with Gasteiger partial charge < -0.3 is 19.9 Å². The minimum Gasteiger partial charge on any atom is -0.495 e. The molecule has 8 nitrogen and oxygen atoms in total. The largest absolute Gasteiger partial charge is 0.495 e. The minimum atomic E-state index is -0.352. The number of amides is 2. The molecule has 0 aliphatic carbocycles. The number of methoxy groups -OCH3 is 1. The lowest BCUT2D eigenvalue weighted by Gasteiger charge is -2.34. The van der Waals surface area contributed by atoms with Crippen molar-refractivity contribution in [3.63, 3.8) is 0 Å². The maximum atomic E-state index is 12.4. The number of piperazine rings is 1. The third-order valence-electron chi connectivity index (χ3n) is 4.28. The van der Waals surface area contributed by atoms with Crippen LogP contribution in [-0.2, 0) is 4.79 Å². The first-order valence-corrected chi connectivity index (χ1v) is 8.35. The maximum Gasteiger partial charge on any atom is 0.275 e. The fraction of sp³-hybridized carbons (Fsp3) is 0.333. The highest BCUT2D eigenvalue weighted by atomic mass is 16.5. The molecule has 0 radical (unpaired) electrons. The second kappa shape index (κ2) is 7.81. The van der Waals surface area contributed by atoms with E-state index in [1.54, 1.807) is 37.3 Å². The lowest BCUT2D eigenvalue weighted by Crippen LogP contribution is -2.48. The Bertz CT molecular complexity index is 786. The highest BCUT2D eigenvalue weighted by molar-refractivity contribution is 6.03. The third-order valence-corrected chi connectivity index (χ3v) is 4.28. The van der Waals surface area contributed by atoms with Crippen molar-refractivity contribution in [2.75, 3.05) is 43.5 Å². The number of nitrogens with zero attached hydrogens (tertiary/aromatic N) is 4. The van der Waals surface area contributed by atoms with E-state index in [0.29, 0.717) is 43.4 Å². The first-order valence-electron chi connectivity index (χ1n) is 8.35. The van der Waals surface area contributed by atoms with Gasteiger partial charge in [0.05, 0.1) is 25.2 Å². The molecule has 1 fully saturated rings. The van der Waals surface area contributed by atoms with Crippen LogP contribution in [-0.4, -0.2) is 60.0 Å². The molecule has 0 saturated carbocycles. The summed E-state index contributed by atoms with van der Waals surface area (Å²) in [5.41, 5.74) is 0.799. The molecule has 8 heteroatoms. The Balaban J connectivity index is 1.64. The van der Waals surface area contributed by atoms with E-state index in [-0.39, 0.29) is 17.5 Å². The van der Waals surface area contributed by atoms with Crippen LogP contribution in [0.25, 0.3) is 0 Å². The van der Waals surface area contributed by atoms with E-state index in [1.807, 2.05) is 17.0 Å². The number of carbonyl (C=O) groups is 2. The van der Waals surface area contributed by atoms with Crippen LogP contribution in [0.5, 0.6) is 5.75 Å². The first-order chi connectivity index (χ1) is 12.6. The van der Waals surface area contributed by atoms with Gasteiger partial charge in [-0.05, 0) is 12.1 Å². The molecule has 1 aliphatic rings. The van der Waals surface area contributed by atoms with Gasteiger partial charge in [-0.25, -0.2) is 9.97 Å². The van der Waals surface area contributed by atoms with Crippen molar-refractivity contribution in [3.8, 4) is 5.75 Å². The standard InChI is InChI=1S/C18H21N5O3/c1-13(24)22-7-9-23(10-8-22)17-12-19-15(11-20-17)18(25)21-14-5-3-4-6-16(14)26-2/h3-6,11-12H,7-10H2,1-2H3,(H,21,25). The molecule has 0 unspecified atom stereocenters. The Morgan fingerprint density at radius 2 is 1.81 bits per heavy atom. The minimum absolute atomic E-state index is 0.0825. The van der Waals surface area contributed by atoms with Gasteiger partial charge in [-0.3, -0.25) is 9.59 Å². The molecule has 136 valence electrons. The molecule has 0 atom stereocenters. The predicted octanol–water partition coefficient (Wildman–Crippen LogP) is 1.41. The summed E-state index contributed by atoms with van der Waals surface area (Å²) in [7, 11) is 1.55. The van der Waals surface area contributed by atoms with Crippen molar-refractivity contribution in [2.45, 2.75) is 6.92 Å². The molecule has 0 spiro atoms. The number of aromatic nitrogens is 2. The van der Waals surface area contributed by atoms with Gasteiger partial charge in [0, 0.05) is 33.1 Å². The maximum absolute atomic E-state index is 12.4. The molecule has 0 bridgehead atoms. The van der Waals surface area contributed by atoms with E-state index in [1.165, 1.54) is 6.20 Å². The summed E-state index contributed by atoms with van der Waals surface area (Å²) in [6.07, 6.45) is 3.04. The molecular formula is C18H21N5O3. The number of ether oxygens (including phenoxy) is 1. The van der Waals surface area contributed by atoms with Crippen LogP contribution >= 0.6 is 0 Å². The molecule has 1 aromatic carbocycles. The number of benzene rings is 1. The van der Waals surface area contributed by atoms with E-state index in [9.17, 15) is 9.59 Å². The molecule has 1 aliphatic heterocycles. The first kappa shape index (κ1) is 17.7. The topological polar surface area (TPSA) is 87.7 Å². The molecule has 1 saturated heterocycles. The Kier molecular flexibility index (Phi) is 5.31. The molecule has 1 N–H and O–H groups in total. The van der Waals surface area contributed by atoms with Gasteiger partial charge in [0.25, 0.3) is 5.91 Å². The number of nitrogens with one attached hydrogen (secondary N) is 1. The Labute approximate surface area is 151 Å². The van der Waals surface area contributed by atoms with E-state index in [2.05, 4.69) is 15.3 Å². The lowest BCUT2D eigenvalue weighted by molar-refractivity contribution is -0.129. The fourth-order valence-electron chi connectivity index (χ4n) is 2.79. The van der Waals surface area contributed by atoms with Gasteiger partial charge in [0.1, 0.15) is 17.3 Å². The second-order valence-corrected chi connectivity index (χ2v) is 5.91. The van der Waals surface area contributed by atoms with Crippen LogP contribution in [0.15, 0.2) is 36.7 Å². The summed E-state index contributed by atoms with van der Waals surface area (Å²) in [5.74, 6) is 1.00. The molecule has 2 aromatic rings. The number of anilines is 2. The zero-order chi connectivity index (χ0) is 18.5. The Hall–Kier alpha value is -3.16. The van der Waals surface area contributed by atoms with Crippen LogP contribution in [0.3, 0.4) is 0 Å². The highest BCUT2D eigenvalue weighted by Gasteiger charge is 2.20. The van der Waals surface area contributed by atoms with Gasteiger partial charge in [-0.15, -0.1) is 0 Å². The van der Waals surface area contributed by atoms with E-state index in [0.717, 1.165) is 0 Å². The van der Waals surface area contributed by atoms with Gasteiger partial charge in [-0.2, -0.15) is 0 Å². The number of carbonyl (C=O) groups excluding carboxylic acids is 2. The molecule has 2 heterocycles. The molecular weight excluding hydrogens is 334 g/mol. The van der Waals surface area contributed by atoms with E-state index < -0.39 is 0 Å². The Morgan fingerprint density at radius 1 is 1.08 bits per heavy atom. The fourth-order valence-corrected chi connectivity index (χ4v) is 2.79. The number of para-hydroxylation sites is 2. The van der Waals surface area contributed by atoms with Gasteiger partial charge in [0.15, 0.2) is 0 Å². The highest BCUT2D eigenvalue weighted by Crippen LogP contribution is 2.23. The molecule has 3 rings (SSSR count). The van der Waals surface area contributed by atoms with Gasteiger partial charge in [0.2, 0.25) is 5.91 Å². The summed E-state index contributed by atoms with van der Waals surface area (Å²) < 4.78 is 5.22. The normalized spacial score (nSPS) is 14.1. The van der Waals surface area contributed by atoms with Gasteiger partial charge in [-0.1, -0.05) is 12.1 Å². The van der Waals surface area contributed by atoms with Crippen molar-refractivity contribution in [2.24, 2.45) is 0 Å². The van der Waals surface area contributed by atoms with E-state index >= 15 is 0 Å². The van der Waals surface area contributed by atoms with E-state index in [4.69, 9.17) is 4.74 Å². The molecule has 1 aromatic heterocycles. The molecule has 26 heavy (non-hydrogen) atoms. The predicted molar refractivity (Wildman–Crippen MR) is 97.4 cm³/mol. The summed E-state index contributed by atoms with van der Waals surface area (Å²) in [6.45, 7) is 4.28. The second-order valence-electron chi connectivity index (χ2n) is 5.91. The van der Waals surface area contributed by atoms with Crippen molar-refractivity contribution >= 4 is 23.3 Å². The van der Waals surface area contributed by atoms with Crippen LogP contribution in [0.2, 0.25) is 0 Å². The lowest BCUT2D eigenvalue weighted by atomic mass is 10.3. The smallest absolute Gasteiger partial charge is 0.275 e. The van der Waals surface area contributed by atoms with Crippen molar-refractivity contribution < 1.29 is 14.3 Å². The summed E-state index contributed by atoms with van der Waals surface area (Å²) in [4.78, 5) is 36.2. The summed E-state index contributed by atoms with van der Waals surface area (Å²) in [6, 6.07) is 7.17. The SMILES string of the molecule is COc1ccccc1NC(=O)c1cnc(N2CCN(C(C)=O)CC2)cn1. The summed E-state index contributed by atoms with van der Waals surface area (Å²) >= 11 is 0. The van der Waals surface area contributed by atoms with Gasteiger partial charge >= 0.3 is 0 Å². The average molecular weight is 355 g/mol. The summed E-state index contributed by atoms with van der Waals surface area (Å²) in [5, 5.41) is 2.77. The van der Waals surface area contributed by atoms with Crippen LogP contribution < -0.4 is 15.0 Å². The monoisotopic (exact) mass is 355 g/mol. The van der Waals surface area contributed by atoms with Crippen molar-refractivity contribution in [1.82, 2.24) is 14.9 Å². The average Bonchev–Trinajstić information content (AvgIpc) is 2.68. The Morgan fingerprint density at radius 3 is 2.42 bits per heavy atom. The number of rotatable bonds is 4. The van der Waals surface area contributed by atoms with Crippen molar-refractivity contribution in [3.05, 3.63) is 42.4 Å². The number of hydrogen-bond acceptors (Lipinski definition) is 6. The van der Waals surface area contributed by atoms with Crippen LogP contribution in [0.1, 0.15) is 17.4 Å². The van der Waals surface area contributed by atoms with Crippen molar-refractivity contribution in [1.29, 1.82) is 0 Å².